The van der Waals surface area contributed by atoms with E-state index in [1.807, 2.05) is 70.4 Å². The molecule has 0 atom stereocenters. The number of thiophene rings is 3. The third kappa shape index (κ3) is 9.24. The van der Waals surface area contributed by atoms with Crippen LogP contribution >= 0.6 is 34.0 Å². The van der Waals surface area contributed by atoms with Crippen LogP contribution in [0.2, 0.25) is 0 Å². The van der Waals surface area contributed by atoms with Gasteiger partial charge in [0.05, 0.1) is 21.3 Å². The molecule has 3 aromatic heterocycles. The molecule has 82 heavy (non-hydrogen) atoms. The minimum atomic E-state index is 0.809. The van der Waals surface area contributed by atoms with Crippen molar-refractivity contribution in [2.75, 3.05) is 48.0 Å². The van der Waals surface area contributed by atoms with Crippen molar-refractivity contribution in [1.29, 1.82) is 0 Å². The van der Waals surface area contributed by atoms with E-state index in [1.165, 1.54) is 71.6 Å². The van der Waals surface area contributed by atoms with Crippen LogP contribution in [0, 0.1) is 13.8 Å². The number of anilines is 11. The van der Waals surface area contributed by atoms with E-state index >= 15 is 0 Å². The molecule has 0 radical (unpaired) electrons. The van der Waals surface area contributed by atoms with Crippen molar-refractivity contribution < 1.29 is 14.2 Å². The molecule has 14 aromatic rings. The molecule has 0 saturated heterocycles. The van der Waals surface area contributed by atoms with Gasteiger partial charge >= 0.3 is 0 Å². The summed E-state index contributed by atoms with van der Waals surface area (Å²) in [6.45, 7) is 4.28. The lowest BCUT2D eigenvalue weighted by molar-refractivity contribution is 0.414. The van der Waals surface area contributed by atoms with Crippen LogP contribution in [-0.4, -0.2) is 28.4 Å². The van der Waals surface area contributed by atoms with E-state index < -0.39 is 0 Å². The molecular formula is C72H56N4O3S3. The van der Waals surface area contributed by atoms with Crippen LogP contribution in [0.3, 0.4) is 0 Å². The van der Waals surface area contributed by atoms with E-state index in [1.54, 1.807) is 21.3 Å². The lowest BCUT2D eigenvalue weighted by atomic mass is 10.1. The summed E-state index contributed by atoms with van der Waals surface area (Å²) in [5.74, 6) is 2.46. The smallest absolute Gasteiger partial charge is 0.119 e. The van der Waals surface area contributed by atoms with Crippen molar-refractivity contribution in [3.63, 3.8) is 0 Å². The first-order valence-electron chi connectivity index (χ1n) is 27.3. The Morgan fingerprint density at radius 1 is 0.244 bits per heavy atom. The highest BCUT2D eigenvalue weighted by molar-refractivity contribution is 7.26. The minimum absolute atomic E-state index is 0.809. The van der Waals surface area contributed by atoms with Crippen LogP contribution < -0.4 is 33.8 Å². The van der Waals surface area contributed by atoms with Gasteiger partial charge in [-0.2, -0.15) is 0 Å². The first kappa shape index (κ1) is 50.9. The highest BCUT2D eigenvalue weighted by atomic mass is 32.1. The van der Waals surface area contributed by atoms with Gasteiger partial charge in [-0.25, -0.2) is 0 Å². The van der Waals surface area contributed by atoms with E-state index in [-0.39, 0.29) is 0 Å². The Morgan fingerprint density at radius 2 is 0.451 bits per heavy atom. The van der Waals surface area contributed by atoms with Crippen molar-refractivity contribution in [2.45, 2.75) is 13.8 Å². The van der Waals surface area contributed by atoms with E-state index in [4.69, 9.17) is 14.2 Å². The predicted octanol–water partition coefficient (Wildman–Crippen LogP) is 21.6. The van der Waals surface area contributed by atoms with Gasteiger partial charge in [-0.3, -0.25) is 0 Å². The summed E-state index contributed by atoms with van der Waals surface area (Å²) in [5, 5.41) is 7.26. The lowest BCUT2D eigenvalue weighted by Crippen LogP contribution is -2.10. The number of ether oxygens (including phenoxy) is 3. The lowest BCUT2D eigenvalue weighted by Gasteiger charge is -2.26. The standard InChI is InChI=1S/C72H56N4O3S3/c1-45-7-11-48(12-8-45)74(49-13-9-46(2)10-14-49)53-22-34-69-63(40-53)64-42-55(24-36-70(64)81-69)76(51-19-31-60(79-6)32-20-51)57-26-38-72-66(44-57)65-43-56(25-37-71(65)82-72)75(50-17-29-59(78-5)30-18-50)54-23-35-68-62(41-54)61-39-52(21-33-67(61)80-68)73(3)47-15-27-58(77-4)28-16-47/h7-44H,1-6H3. The molecule has 0 aliphatic rings. The van der Waals surface area contributed by atoms with Gasteiger partial charge in [0.15, 0.2) is 0 Å². The molecule has 14 rings (SSSR count). The van der Waals surface area contributed by atoms with Gasteiger partial charge in [0.1, 0.15) is 17.2 Å². The maximum Gasteiger partial charge on any atom is 0.119 e. The zero-order valence-corrected chi connectivity index (χ0v) is 48.6. The summed E-state index contributed by atoms with van der Waals surface area (Å²) in [4.78, 5) is 9.35. The maximum absolute atomic E-state index is 5.70. The van der Waals surface area contributed by atoms with Gasteiger partial charge in [0.25, 0.3) is 0 Å². The number of rotatable bonds is 14. The molecule has 0 bridgehead atoms. The van der Waals surface area contributed by atoms with Crippen molar-refractivity contribution in [3.05, 3.63) is 242 Å². The number of methoxy groups -OCH3 is 3. The van der Waals surface area contributed by atoms with Gasteiger partial charge in [-0.15, -0.1) is 34.0 Å². The van der Waals surface area contributed by atoms with Crippen LogP contribution in [0.15, 0.2) is 231 Å². The molecule has 0 aliphatic carbocycles. The minimum Gasteiger partial charge on any atom is -0.497 e. The molecule has 0 spiro atoms. The van der Waals surface area contributed by atoms with Crippen molar-refractivity contribution in [3.8, 4) is 17.2 Å². The fraction of sp³-hybridized carbons (Fsp3) is 0.0833. The number of fused-ring (bicyclic) bond motifs is 9. The Kier molecular flexibility index (Phi) is 13.0. The van der Waals surface area contributed by atoms with E-state index in [0.717, 1.165) is 79.8 Å². The molecule has 0 aliphatic heterocycles. The fourth-order valence-corrected chi connectivity index (χ4v) is 14.5. The van der Waals surface area contributed by atoms with Gasteiger partial charge in [-0.1, -0.05) is 35.4 Å². The molecule has 0 unspecified atom stereocenters. The van der Waals surface area contributed by atoms with Crippen LogP contribution in [0.5, 0.6) is 17.2 Å². The van der Waals surface area contributed by atoms with Crippen LogP contribution in [0.1, 0.15) is 11.1 Å². The zero-order valence-electron chi connectivity index (χ0n) is 46.2. The third-order valence-electron chi connectivity index (χ3n) is 15.7. The first-order chi connectivity index (χ1) is 40.2. The first-order valence-corrected chi connectivity index (χ1v) is 29.7. The Hall–Kier alpha value is -9.32. The third-order valence-corrected chi connectivity index (χ3v) is 19.1. The highest BCUT2D eigenvalue weighted by Gasteiger charge is 2.22. The predicted molar refractivity (Wildman–Crippen MR) is 353 cm³/mol. The zero-order chi connectivity index (χ0) is 55.6. The fourth-order valence-electron chi connectivity index (χ4n) is 11.3. The molecule has 0 amide bonds. The Balaban J connectivity index is 0.883. The average molecular weight is 1120 g/mol. The normalized spacial score (nSPS) is 11.5. The molecule has 3 heterocycles. The van der Waals surface area contributed by atoms with Crippen molar-refractivity contribution in [1.82, 2.24) is 0 Å². The Bertz CT molecular complexity index is 4640. The molecular weight excluding hydrogens is 1070 g/mol. The second kappa shape index (κ2) is 21.0. The monoisotopic (exact) mass is 1120 g/mol. The number of benzene rings is 11. The summed E-state index contributed by atoms with van der Waals surface area (Å²) in [6, 6.07) is 84.0. The van der Waals surface area contributed by atoms with Crippen molar-refractivity contribution in [2.24, 2.45) is 0 Å². The van der Waals surface area contributed by atoms with Gasteiger partial charge < -0.3 is 33.8 Å². The Morgan fingerprint density at radius 3 is 0.720 bits per heavy atom. The average Bonchev–Trinajstić information content (AvgIpc) is 4.39. The Labute approximate surface area is 488 Å². The van der Waals surface area contributed by atoms with Crippen LogP contribution in [0.4, 0.5) is 62.6 Å². The summed E-state index contributed by atoms with van der Waals surface area (Å²) >= 11 is 5.49. The van der Waals surface area contributed by atoms with E-state index in [0.29, 0.717) is 0 Å². The summed E-state index contributed by atoms with van der Waals surface area (Å²) in [7, 11) is 7.25. The quantitative estimate of drug-likeness (QED) is 0.107. The number of aryl methyl sites for hydroxylation is 2. The molecule has 0 saturated carbocycles. The summed E-state index contributed by atoms with van der Waals surface area (Å²) in [6.07, 6.45) is 0. The molecule has 7 nitrogen and oxygen atoms in total. The SMILES string of the molecule is COc1ccc(N(C)c2ccc3sc4ccc(N(c5ccc(OC)cc5)c5ccc6sc7ccc(N(c8ccc(OC)cc8)c8ccc9sc%10ccc(N(c%11ccc(C)cc%11)c%11ccc(C)cc%11)cc%10c9c8)cc7c6c5)cc4c3c2)cc1. The molecule has 0 N–H and O–H groups in total. The second-order valence-electron chi connectivity index (χ2n) is 20.7. The van der Waals surface area contributed by atoms with Crippen molar-refractivity contribution >= 4 is 157 Å². The number of nitrogens with zero attached hydrogens (tertiary/aromatic N) is 4. The van der Waals surface area contributed by atoms with Gasteiger partial charge in [-0.05, 0) is 220 Å². The van der Waals surface area contributed by atoms with Gasteiger partial charge in [0, 0.05) is 130 Å². The summed E-state index contributed by atoms with van der Waals surface area (Å²) < 4.78 is 24.3. The van der Waals surface area contributed by atoms with Gasteiger partial charge in [0.2, 0.25) is 0 Å². The number of hydrogen-bond acceptors (Lipinski definition) is 10. The topological polar surface area (TPSA) is 40.6 Å². The summed E-state index contributed by atoms with van der Waals surface area (Å²) in [5.41, 5.74) is 14.3. The van der Waals surface area contributed by atoms with E-state index in [9.17, 15) is 0 Å². The second-order valence-corrected chi connectivity index (χ2v) is 24.0. The molecule has 0 fully saturated rings. The largest absolute Gasteiger partial charge is 0.497 e. The molecule has 400 valence electrons. The number of hydrogen-bond donors (Lipinski definition) is 0. The van der Waals surface area contributed by atoms with E-state index in [2.05, 4.69) is 235 Å². The van der Waals surface area contributed by atoms with Crippen LogP contribution in [0.25, 0.3) is 60.5 Å². The highest BCUT2D eigenvalue weighted by Crippen LogP contribution is 2.48. The van der Waals surface area contributed by atoms with Crippen LogP contribution in [-0.2, 0) is 0 Å². The maximum atomic E-state index is 5.70. The molecule has 10 heteroatoms. The molecule has 11 aromatic carbocycles.